The number of nitrogens with zero attached hydrogens (tertiary/aromatic N) is 1. The molecule has 1 saturated heterocycles. The SMILES string of the molecule is O=C1c2ccccc2CN1C1CCCNN1. The number of hydrazine groups is 1. The van der Waals surface area contributed by atoms with Crippen molar-refractivity contribution in [3.8, 4) is 0 Å². The summed E-state index contributed by atoms with van der Waals surface area (Å²) in [7, 11) is 0. The summed E-state index contributed by atoms with van der Waals surface area (Å²) in [5, 5.41) is 0. The third-order valence-corrected chi connectivity index (χ3v) is 3.27. The molecular weight excluding hydrogens is 202 g/mol. The topological polar surface area (TPSA) is 44.4 Å². The van der Waals surface area contributed by atoms with Gasteiger partial charge >= 0.3 is 0 Å². The maximum Gasteiger partial charge on any atom is 0.255 e. The van der Waals surface area contributed by atoms with Gasteiger partial charge in [-0.1, -0.05) is 18.2 Å². The van der Waals surface area contributed by atoms with Crippen LogP contribution in [0.15, 0.2) is 24.3 Å². The molecule has 16 heavy (non-hydrogen) atoms. The van der Waals surface area contributed by atoms with E-state index < -0.39 is 0 Å². The molecule has 1 aromatic carbocycles. The minimum atomic E-state index is 0.133. The highest BCUT2D eigenvalue weighted by molar-refractivity contribution is 5.98. The first-order valence-corrected chi connectivity index (χ1v) is 5.73. The molecule has 1 amide bonds. The molecule has 2 heterocycles. The molecule has 1 fully saturated rings. The van der Waals surface area contributed by atoms with Gasteiger partial charge < -0.3 is 4.90 Å². The molecule has 0 bridgehead atoms. The van der Waals surface area contributed by atoms with E-state index in [1.807, 2.05) is 29.2 Å². The van der Waals surface area contributed by atoms with E-state index >= 15 is 0 Å². The highest BCUT2D eigenvalue weighted by Gasteiger charge is 2.32. The van der Waals surface area contributed by atoms with Crippen molar-refractivity contribution in [2.45, 2.75) is 25.6 Å². The summed E-state index contributed by atoms with van der Waals surface area (Å²) in [6.45, 7) is 1.71. The van der Waals surface area contributed by atoms with Crippen molar-refractivity contribution in [3.63, 3.8) is 0 Å². The van der Waals surface area contributed by atoms with E-state index in [2.05, 4.69) is 10.9 Å². The Morgan fingerprint density at radius 2 is 2.19 bits per heavy atom. The van der Waals surface area contributed by atoms with Gasteiger partial charge in [0.2, 0.25) is 0 Å². The van der Waals surface area contributed by atoms with Crippen LogP contribution in [-0.2, 0) is 6.54 Å². The second kappa shape index (κ2) is 3.88. The predicted molar refractivity (Wildman–Crippen MR) is 60.5 cm³/mol. The number of nitrogens with one attached hydrogen (secondary N) is 2. The van der Waals surface area contributed by atoms with Crippen LogP contribution in [0, 0.1) is 0 Å². The van der Waals surface area contributed by atoms with Crippen molar-refractivity contribution >= 4 is 5.91 Å². The van der Waals surface area contributed by atoms with Crippen molar-refractivity contribution in [2.24, 2.45) is 0 Å². The van der Waals surface area contributed by atoms with Crippen LogP contribution in [0.2, 0.25) is 0 Å². The molecule has 0 radical (unpaired) electrons. The number of hydrogen-bond acceptors (Lipinski definition) is 3. The lowest BCUT2D eigenvalue weighted by Crippen LogP contribution is -2.54. The van der Waals surface area contributed by atoms with E-state index in [0.717, 1.165) is 37.1 Å². The second-order valence-corrected chi connectivity index (χ2v) is 4.32. The Kier molecular flexibility index (Phi) is 2.38. The number of benzene rings is 1. The van der Waals surface area contributed by atoms with Gasteiger partial charge in [0.15, 0.2) is 0 Å². The fourth-order valence-corrected chi connectivity index (χ4v) is 2.41. The van der Waals surface area contributed by atoms with Crippen molar-refractivity contribution in [2.75, 3.05) is 6.54 Å². The number of carbonyl (C=O) groups is 1. The normalized spacial score (nSPS) is 24.6. The lowest BCUT2D eigenvalue weighted by atomic mass is 10.1. The van der Waals surface area contributed by atoms with Gasteiger partial charge in [0, 0.05) is 18.7 Å². The van der Waals surface area contributed by atoms with E-state index in [4.69, 9.17) is 0 Å². The van der Waals surface area contributed by atoms with Crippen LogP contribution in [0.25, 0.3) is 0 Å². The van der Waals surface area contributed by atoms with Crippen molar-refractivity contribution < 1.29 is 4.79 Å². The molecule has 0 spiro atoms. The Morgan fingerprint density at radius 3 is 2.94 bits per heavy atom. The summed E-state index contributed by atoms with van der Waals surface area (Å²) < 4.78 is 0. The molecule has 1 atom stereocenters. The smallest absolute Gasteiger partial charge is 0.255 e. The minimum absolute atomic E-state index is 0.133. The van der Waals surface area contributed by atoms with Crippen molar-refractivity contribution in [1.82, 2.24) is 15.8 Å². The molecule has 0 saturated carbocycles. The number of rotatable bonds is 1. The summed E-state index contributed by atoms with van der Waals surface area (Å²) in [4.78, 5) is 14.1. The predicted octanol–water partition coefficient (Wildman–Crippen LogP) is 0.856. The maximum atomic E-state index is 12.2. The molecule has 0 aromatic heterocycles. The number of fused-ring (bicyclic) bond motifs is 1. The standard InChI is InChI=1S/C12H15N3O/c16-12-10-5-2-1-4-9(10)8-15(12)11-6-3-7-13-14-11/h1-2,4-5,11,13-14H,3,6-8H2. The fraction of sp³-hybridized carbons (Fsp3) is 0.417. The first-order chi connectivity index (χ1) is 7.86. The molecule has 0 aliphatic carbocycles. The largest absolute Gasteiger partial charge is 0.318 e. The lowest BCUT2D eigenvalue weighted by molar-refractivity contribution is 0.0596. The molecule has 2 aliphatic rings. The Morgan fingerprint density at radius 1 is 1.31 bits per heavy atom. The quantitative estimate of drug-likeness (QED) is 0.733. The fourth-order valence-electron chi connectivity index (χ4n) is 2.41. The third kappa shape index (κ3) is 1.50. The Balaban J connectivity index is 1.83. The highest BCUT2D eigenvalue weighted by Crippen LogP contribution is 2.25. The number of carbonyl (C=O) groups excluding carboxylic acids is 1. The van der Waals surface area contributed by atoms with Crippen molar-refractivity contribution in [3.05, 3.63) is 35.4 Å². The molecule has 84 valence electrons. The number of amides is 1. The Hall–Kier alpha value is -1.39. The van der Waals surface area contributed by atoms with Crippen LogP contribution in [0.4, 0.5) is 0 Å². The second-order valence-electron chi connectivity index (χ2n) is 4.32. The zero-order valence-corrected chi connectivity index (χ0v) is 9.07. The van der Waals surface area contributed by atoms with Gasteiger partial charge in [0.1, 0.15) is 0 Å². The summed E-state index contributed by atoms with van der Waals surface area (Å²) in [6.07, 6.45) is 2.26. The first kappa shape index (κ1) is 9.81. The average molecular weight is 217 g/mol. The van der Waals surface area contributed by atoms with Gasteiger partial charge in [-0.05, 0) is 24.5 Å². The summed E-state index contributed by atoms with van der Waals surface area (Å²) >= 11 is 0. The van der Waals surface area contributed by atoms with Gasteiger partial charge in [0.25, 0.3) is 5.91 Å². The molecular formula is C12H15N3O. The van der Waals surface area contributed by atoms with Crippen LogP contribution in [0.1, 0.15) is 28.8 Å². The summed E-state index contributed by atoms with van der Waals surface area (Å²) in [5.74, 6) is 0.150. The summed E-state index contributed by atoms with van der Waals surface area (Å²) in [5.41, 5.74) is 8.29. The van der Waals surface area contributed by atoms with Gasteiger partial charge in [-0.15, -0.1) is 0 Å². The van der Waals surface area contributed by atoms with E-state index in [1.54, 1.807) is 0 Å². The van der Waals surface area contributed by atoms with E-state index in [-0.39, 0.29) is 12.1 Å². The van der Waals surface area contributed by atoms with E-state index in [1.165, 1.54) is 0 Å². The zero-order valence-electron chi connectivity index (χ0n) is 9.07. The first-order valence-electron chi connectivity index (χ1n) is 5.73. The molecule has 2 N–H and O–H groups in total. The van der Waals surface area contributed by atoms with Gasteiger partial charge in [-0.2, -0.15) is 0 Å². The van der Waals surface area contributed by atoms with E-state index in [0.29, 0.717) is 0 Å². The van der Waals surface area contributed by atoms with Crippen LogP contribution in [-0.4, -0.2) is 23.5 Å². The van der Waals surface area contributed by atoms with Gasteiger partial charge in [0.05, 0.1) is 6.17 Å². The van der Waals surface area contributed by atoms with Crippen LogP contribution in [0.3, 0.4) is 0 Å². The lowest BCUT2D eigenvalue weighted by Gasteiger charge is -2.32. The molecule has 4 nitrogen and oxygen atoms in total. The maximum absolute atomic E-state index is 12.2. The molecule has 4 heteroatoms. The van der Waals surface area contributed by atoms with Crippen LogP contribution in [0.5, 0.6) is 0 Å². The zero-order chi connectivity index (χ0) is 11.0. The Labute approximate surface area is 94.6 Å². The average Bonchev–Trinajstić information content (AvgIpc) is 2.69. The molecule has 1 aromatic rings. The van der Waals surface area contributed by atoms with Crippen LogP contribution < -0.4 is 10.9 Å². The highest BCUT2D eigenvalue weighted by atomic mass is 16.2. The minimum Gasteiger partial charge on any atom is -0.318 e. The van der Waals surface area contributed by atoms with Crippen LogP contribution >= 0.6 is 0 Å². The van der Waals surface area contributed by atoms with Gasteiger partial charge in [-0.3, -0.25) is 10.2 Å². The third-order valence-electron chi connectivity index (χ3n) is 3.27. The Bertz CT molecular complexity index is 412. The summed E-state index contributed by atoms with van der Waals surface area (Å²) in [6, 6.07) is 7.85. The molecule has 3 rings (SSSR count). The molecule has 1 unspecified atom stereocenters. The number of hydrogen-bond donors (Lipinski definition) is 2. The molecule has 2 aliphatic heterocycles. The van der Waals surface area contributed by atoms with E-state index in [9.17, 15) is 4.79 Å². The van der Waals surface area contributed by atoms with Crippen molar-refractivity contribution in [1.29, 1.82) is 0 Å². The van der Waals surface area contributed by atoms with Gasteiger partial charge in [-0.25, -0.2) is 5.43 Å². The monoisotopic (exact) mass is 217 g/mol.